The third kappa shape index (κ3) is 2.25. The first-order chi connectivity index (χ1) is 7.61. The summed E-state index contributed by atoms with van der Waals surface area (Å²) >= 11 is 0. The summed E-state index contributed by atoms with van der Waals surface area (Å²) in [6, 6.07) is 3.83. The van der Waals surface area contributed by atoms with Crippen LogP contribution in [-0.4, -0.2) is 17.3 Å². The number of carbonyl (C=O) groups is 2. The van der Waals surface area contributed by atoms with E-state index >= 15 is 0 Å². The van der Waals surface area contributed by atoms with E-state index in [9.17, 15) is 4.79 Å². The number of carbonyl (C=O) groups excluding carboxylic acids is 2. The minimum absolute atomic E-state index is 0.250. The first-order valence-electron chi connectivity index (χ1n) is 4.71. The molecular weight excluding hydrogens is 206 g/mol. The van der Waals surface area contributed by atoms with Gasteiger partial charge in [0.15, 0.2) is 0 Å². The van der Waals surface area contributed by atoms with Crippen LogP contribution in [-0.2, 0) is 16.0 Å². The normalized spacial score (nSPS) is 12.6. The molecule has 1 aliphatic carbocycles. The van der Waals surface area contributed by atoms with Crippen LogP contribution in [0, 0.1) is 0 Å². The van der Waals surface area contributed by atoms with Crippen molar-refractivity contribution in [2.24, 2.45) is 11.5 Å². The van der Waals surface area contributed by atoms with Crippen LogP contribution in [0.2, 0.25) is 0 Å². The van der Waals surface area contributed by atoms with Crippen LogP contribution in [0.15, 0.2) is 23.9 Å². The molecule has 1 aromatic heterocycles. The summed E-state index contributed by atoms with van der Waals surface area (Å²) < 4.78 is 0. The fraction of sp³-hybridized carbons (Fsp3) is 0.182. The van der Waals surface area contributed by atoms with Crippen molar-refractivity contribution in [1.29, 1.82) is 0 Å². The molecule has 0 bridgehead atoms. The van der Waals surface area contributed by atoms with Crippen molar-refractivity contribution in [3.8, 4) is 0 Å². The van der Waals surface area contributed by atoms with E-state index in [2.05, 4.69) is 10.7 Å². The van der Waals surface area contributed by atoms with Gasteiger partial charge in [0.1, 0.15) is 0 Å². The number of amides is 2. The van der Waals surface area contributed by atoms with Gasteiger partial charge >= 0.3 is 0 Å². The van der Waals surface area contributed by atoms with E-state index in [1.165, 1.54) is 0 Å². The van der Waals surface area contributed by atoms with Gasteiger partial charge in [-0.2, -0.15) is 0 Å². The number of nitrogens with two attached hydrogens (primary N) is 2. The second-order valence-corrected chi connectivity index (χ2v) is 3.28. The zero-order valence-corrected chi connectivity index (χ0v) is 8.93. The molecule has 5 nitrogen and oxygen atoms in total. The van der Waals surface area contributed by atoms with E-state index in [-0.39, 0.29) is 12.3 Å². The molecule has 0 saturated carbocycles. The Labute approximate surface area is 93.2 Å². The third-order valence-electron chi connectivity index (χ3n) is 2.39. The minimum Gasteiger partial charge on any atom is -0.372 e. The number of hydrogen-bond acceptors (Lipinski definition) is 3. The van der Waals surface area contributed by atoms with Gasteiger partial charge in [-0.05, 0) is 24.1 Å². The molecule has 5 heteroatoms. The highest BCUT2D eigenvalue weighted by Gasteiger charge is 2.21. The van der Waals surface area contributed by atoms with E-state index in [1.54, 1.807) is 6.20 Å². The number of allylic oxidation sites excluding steroid dienone is 1. The molecule has 0 aromatic carbocycles. The summed E-state index contributed by atoms with van der Waals surface area (Å²) in [5.41, 5.74) is 13.1. The van der Waals surface area contributed by atoms with Crippen LogP contribution in [0.3, 0.4) is 0 Å². The van der Waals surface area contributed by atoms with Crippen molar-refractivity contribution >= 4 is 17.9 Å². The van der Waals surface area contributed by atoms with Gasteiger partial charge < -0.3 is 11.5 Å². The lowest BCUT2D eigenvalue weighted by Gasteiger charge is -1.96. The van der Waals surface area contributed by atoms with Crippen molar-refractivity contribution in [1.82, 2.24) is 4.98 Å². The second kappa shape index (κ2) is 5.06. The third-order valence-corrected chi connectivity index (χ3v) is 2.39. The average molecular weight is 219 g/mol. The van der Waals surface area contributed by atoms with Crippen LogP contribution in [0.1, 0.15) is 18.2 Å². The average Bonchev–Trinajstić information content (AvgIpc) is 2.58. The number of aromatic nitrogens is 1. The number of nitrogens with zero attached hydrogens (tertiary/aromatic N) is 1. The lowest BCUT2D eigenvalue weighted by atomic mass is 10.1. The van der Waals surface area contributed by atoms with Crippen molar-refractivity contribution in [2.45, 2.75) is 13.3 Å². The first-order valence-corrected chi connectivity index (χ1v) is 4.71. The highest BCUT2D eigenvalue weighted by molar-refractivity contribution is 6.02. The lowest BCUT2D eigenvalue weighted by molar-refractivity contribution is -0.114. The zero-order chi connectivity index (χ0) is 12.1. The Kier molecular flexibility index (Phi) is 3.77. The maximum atomic E-state index is 11.0. The maximum absolute atomic E-state index is 11.0. The molecule has 84 valence electrons. The largest absolute Gasteiger partial charge is 0.372 e. The minimum atomic E-state index is -0.337. The van der Waals surface area contributed by atoms with Gasteiger partial charge in [-0.1, -0.05) is 6.07 Å². The molecule has 1 aromatic rings. The molecular formula is C11H13N3O2. The van der Waals surface area contributed by atoms with Gasteiger partial charge in [-0.15, -0.1) is 0 Å². The molecule has 0 saturated heterocycles. The lowest BCUT2D eigenvalue weighted by Crippen LogP contribution is -2.14. The predicted molar refractivity (Wildman–Crippen MR) is 60.0 cm³/mol. The number of pyridine rings is 1. The summed E-state index contributed by atoms with van der Waals surface area (Å²) in [4.78, 5) is 23.8. The molecule has 1 aliphatic rings. The van der Waals surface area contributed by atoms with E-state index in [0.29, 0.717) is 12.0 Å². The molecule has 0 aliphatic heterocycles. The fourth-order valence-corrected chi connectivity index (χ4v) is 1.65. The highest BCUT2D eigenvalue weighted by Crippen LogP contribution is 2.30. The summed E-state index contributed by atoms with van der Waals surface area (Å²) in [5.74, 6) is -0.337. The number of primary amides is 2. The maximum Gasteiger partial charge on any atom is 0.245 e. The van der Waals surface area contributed by atoms with E-state index in [1.807, 2.05) is 19.1 Å². The quantitative estimate of drug-likeness (QED) is 0.650. The summed E-state index contributed by atoms with van der Waals surface area (Å²) in [6.45, 7) is 1.91. The van der Waals surface area contributed by atoms with Gasteiger partial charge in [-0.25, -0.2) is 0 Å². The van der Waals surface area contributed by atoms with Gasteiger partial charge in [0.25, 0.3) is 0 Å². The van der Waals surface area contributed by atoms with Gasteiger partial charge in [0, 0.05) is 18.2 Å². The Morgan fingerprint density at radius 2 is 2.19 bits per heavy atom. The summed E-state index contributed by atoms with van der Waals surface area (Å²) in [5, 5.41) is 0. The number of rotatable bonds is 1. The van der Waals surface area contributed by atoms with Crippen molar-refractivity contribution in [2.75, 3.05) is 0 Å². The van der Waals surface area contributed by atoms with E-state index < -0.39 is 0 Å². The Morgan fingerprint density at radius 3 is 2.69 bits per heavy atom. The van der Waals surface area contributed by atoms with E-state index in [0.717, 1.165) is 16.8 Å². The molecule has 0 atom stereocenters. The zero-order valence-electron chi connectivity index (χ0n) is 8.93. The number of fused-ring (bicyclic) bond motifs is 1. The van der Waals surface area contributed by atoms with Crippen molar-refractivity contribution < 1.29 is 9.59 Å². The van der Waals surface area contributed by atoms with Crippen molar-refractivity contribution in [3.05, 3.63) is 35.2 Å². The Hall–Kier alpha value is -2.17. The summed E-state index contributed by atoms with van der Waals surface area (Å²) in [7, 11) is 0. The molecule has 2 amide bonds. The molecule has 0 spiro atoms. The van der Waals surface area contributed by atoms with E-state index in [4.69, 9.17) is 10.5 Å². The Morgan fingerprint density at radius 1 is 1.56 bits per heavy atom. The Bertz CT molecular complexity index is 452. The first kappa shape index (κ1) is 11.9. The summed E-state index contributed by atoms with van der Waals surface area (Å²) in [6.07, 6.45) is 2.56. The topological polar surface area (TPSA) is 99.1 Å². The number of hydrogen-bond donors (Lipinski definition) is 2. The van der Waals surface area contributed by atoms with Gasteiger partial charge in [-0.3, -0.25) is 14.6 Å². The van der Waals surface area contributed by atoms with Crippen LogP contribution in [0.4, 0.5) is 0 Å². The molecule has 0 unspecified atom stereocenters. The second-order valence-electron chi connectivity index (χ2n) is 3.28. The molecule has 0 fully saturated rings. The molecule has 0 radical (unpaired) electrons. The molecule has 2 rings (SSSR count). The van der Waals surface area contributed by atoms with Crippen LogP contribution in [0.5, 0.6) is 0 Å². The van der Waals surface area contributed by atoms with Crippen molar-refractivity contribution in [3.63, 3.8) is 0 Å². The van der Waals surface area contributed by atoms with Crippen LogP contribution >= 0.6 is 0 Å². The predicted octanol–water partition coefficient (Wildman–Crippen LogP) is -0.00200. The van der Waals surface area contributed by atoms with Gasteiger partial charge in [0.05, 0.1) is 5.69 Å². The fourth-order valence-electron chi connectivity index (χ4n) is 1.65. The van der Waals surface area contributed by atoms with Crippen LogP contribution in [0.25, 0.3) is 5.57 Å². The van der Waals surface area contributed by atoms with Crippen LogP contribution < -0.4 is 11.5 Å². The molecule has 4 N–H and O–H groups in total. The SMILES string of the molecule is CC1=C(C(N)=O)Cc2ncccc21.NC=O. The Balaban J connectivity index is 0.000000386. The monoisotopic (exact) mass is 219 g/mol. The molecule has 1 heterocycles. The van der Waals surface area contributed by atoms with Gasteiger partial charge in [0.2, 0.25) is 12.3 Å². The molecule has 16 heavy (non-hydrogen) atoms. The standard InChI is InChI=1S/C10H10N2O.CH3NO/c1-6-7-3-2-4-12-9(7)5-8(6)10(11)13;2-1-3/h2-4H,5H2,1H3,(H2,11,13);1H,(H2,2,3). The smallest absolute Gasteiger partial charge is 0.245 e. The highest BCUT2D eigenvalue weighted by atomic mass is 16.1.